The molecule has 6 nitrogen and oxygen atoms in total. The molecule has 0 fully saturated rings. The highest BCUT2D eigenvalue weighted by atomic mass is 19.2. The third-order valence-electron chi connectivity index (χ3n) is 3.78. The summed E-state index contributed by atoms with van der Waals surface area (Å²) in [5.74, 6) is -6.16. The standard InChI is InChI=1S/C19H18F3N3O3/c1-11(26)24-13-3-5-14(6-4-13)25(12(2)27)10-9-23-19(28)15-7-8-16(20)18(22)17(15)21/h3-8H,9-10H2,1-2H3,(H,23,28)(H,24,26). The van der Waals surface area contributed by atoms with Crippen molar-refractivity contribution >= 4 is 29.1 Å². The van der Waals surface area contributed by atoms with Gasteiger partial charge in [-0.25, -0.2) is 13.2 Å². The van der Waals surface area contributed by atoms with Crippen molar-refractivity contribution in [2.45, 2.75) is 13.8 Å². The van der Waals surface area contributed by atoms with Gasteiger partial charge in [0.15, 0.2) is 17.5 Å². The van der Waals surface area contributed by atoms with Crippen LogP contribution in [0.3, 0.4) is 0 Å². The number of benzene rings is 2. The lowest BCUT2D eigenvalue weighted by atomic mass is 10.2. The maximum Gasteiger partial charge on any atom is 0.254 e. The fourth-order valence-corrected chi connectivity index (χ4v) is 2.47. The van der Waals surface area contributed by atoms with Crippen molar-refractivity contribution in [3.8, 4) is 0 Å². The second-order valence-electron chi connectivity index (χ2n) is 5.88. The summed E-state index contributed by atoms with van der Waals surface area (Å²) in [6.45, 7) is 2.71. The lowest BCUT2D eigenvalue weighted by molar-refractivity contribution is -0.116. The Hall–Kier alpha value is -3.36. The molecule has 9 heteroatoms. The summed E-state index contributed by atoms with van der Waals surface area (Å²) in [4.78, 5) is 36.3. The predicted octanol–water partition coefficient (Wildman–Crippen LogP) is 2.85. The number of anilines is 2. The Balaban J connectivity index is 2.02. The first-order chi connectivity index (χ1) is 13.2. The van der Waals surface area contributed by atoms with E-state index in [9.17, 15) is 27.6 Å². The van der Waals surface area contributed by atoms with Crippen LogP contribution in [0.4, 0.5) is 24.5 Å². The smallest absolute Gasteiger partial charge is 0.254 e. The summed E-state index contributed by atoms with van der Waals surface area (Å²) < 4.78 is 39.8. The molecule has 28 heavy (non-hydrogen) atoms. The largest absolute Gasteiger partial charge is 0.350 e. The van der Waals surface area contributed by atoms with Crippen LogP contribution in [0.1, 0.15) is 24.2 Å². The van der Waals surface area contributed by atoms with Crippen LogP contribution in [0, 0.1) is 17.5 Å². The van der Waals surface area contributed by atoms with E-state index in [2.05, 4.69) is 10.6 Å². The number of carbonyl (C=O) groups excluding carboxylic acids is 3. The monoisotopic (exact) mass is 393 g/mol. The molecule has 0 atom stereocenters. The Kier molecular flexibility index (Phi) is 6.75. The van der Waals surface area contributed by atoms with Gasteiger partial charge in [-0.1, -0.05) is 0 Å². The van der Waals surface area contributed by atoms with Gasteiger partial charge in [0.2, 0.25) is 11.8 Å². The molecule has 0 unspecified atom stereocenters. The van der Waals surface area contributed by atoms with Crippen LogP contribution >= 0.6 is 0 Å². The van der Waals surface area contributed by atoms with Crippen LogP contribution in [0.25, 0.3) is 0 Å². The van der Waals surface area contributed by atoms with Crippen LogP contribution in [0.5, 0.6) is 0 Å². The quantitative estimate of drug-likeness (QED) is 0.741. The highest BCUT2D eigenvalue weighted by Crippen LogP contribution is 2.18. The molecular formula is C19H18F3N3O3. The molecule has 2 aromatic rings. The summed E-state index contributed by atoms with van der Waals surface area (Å²) >= 11 is 0. The van der Waals surface area contributed by atoms with Gasteiger partial charge in [0.1, 0.15) is 0 Å². The number of rotatable bonds is 6. The number of hydrogen-bond donors (Lipinski definition) is 2. The van der Waals surface area contributed by atoms with Crippen molar-refractivity contribution in [2.24, 2.45) is 0 Å². The van der Waals surface area contributed by atoms with Crippen molar-refractivity contribution in [1.29, 1.82) is 0 Å². The Morgan fingerprint density at radius 3 is 2.14 bits per heavy atom. The third kappa shape index (κ3) is 5.09. The van der Waals surface area contributed by atoms with Gasteiger partial charge in [-0.3, -0.25) is 14.4 Å². The summed E-state index contributed by atoms with van der Waals surface area (Å²) in [7, 11) is 0. The normalized spacial score (nSPS) is 10.3. The van der Waals surface area contributed by atoms with Gasteiger partial charge in [-0.15, -0.1) is 0 Å². The number of nitrogens with one attached hydrogen (secondary N) is 2. The number of hydrogen-bond acceptors (Lipinski definition) is 3. The Morgan fingerprint density at radius 2 is 1.57 bits per heavy atom. The molecule has 0 aromatic heterocycles. The van der Waals surface area contributed by atoms with Gasteiger partial charge in [-0.2, -0.15) is 0 Å². The first-order valence-corrected chi connectivity index (χ1v) is 8.28. The Labute approximate surface area is 159 Å². The second-order valence-corrected chi connectivity index (χ2v) is 5.88. The van der Waals surface area contributed by atoms with Gasteiger partial charge in [-0.05, 0) is 36.4 Å². The number of carbonyl (C=O) groups is 3. The average molecular weight is 393 g/mol. The van der Waals surface area contributed by atoms with Crippen molar-refractivity contribution in [3.63, 3.8) is 0 Å². The second kappa shape index (κ2) is 9.03. The number of halogens is 3. The van der Waals surface area contributed by atoms with Gasteiger partial charge in [0.05, 0.1) is 5.56 Å². The Bertz CT molecular complexity index is 901. The molecule has 2 aromatic carbocycles. The van der Waals surface area contributed by atoms with Gasteiger partial charge in [0.25, 0.3) is 5.91 Å². The van der Waals surface area contributed by atoms with Gasteiger partial charge < -0.3 is 15.5 Å². The minimum absolute atomic E-state index is 0.0513. The molecule has 0 saturated carbocycles. The maximum atomic E-state index is 13.6. The van der Waals surface area contributed by atoms with E-state index < -0.39 is 28.9 Å². The highest BCUT2D eigenvalue weighted by molar-refractivity contribution is 5.95. The van der Waals surface area contributed by atoms with Crippen LogP contribution in [0.2, 0.25) is 0 Å². The zero-order chi connectivity index (χ0) is 20.8. The van der Waals surface area contributed by atoms with Crippen molar-refractivity contribution in [1.82, 2.24) is 5.32 Å². The summed E-state index contributed by atoms with van der Waals surface area (Å²) in [5.41, 5.74) is 0.449. The van der Waals surface area contributed by atoms with Gasteiger partial charge >= 0.3 is 0 Å². The van der Waals surface area contributed by atoms with Crippen LogP contribution in [-0.4, -0.2) is 30.8 Å². The fraction of sp³-hybridized carbons (Fsp3) is 0.211. The lowest BCUT2D eigenvalue weighted by Gasteiger charge is -2.22. The van der Waals surface area contributed by atoms with E-state index in [4.69, 9.17) is 0 Å². The van der Waals surface area contributed by atoms with E-state index in [1.165, 1.54) is 18.7 Å². The first-order valence-electron chi connectivity index (χ1n) is 8.28. The molecule has 3 amide bonds. The zero-order valence-electron chi connectivity index (χ0n) is 15.2. The maximum absolute atomic E-state index is 13.6. The van der Waals surface area contributed by atoms with Crippen molar-refractivity contribution < 1.29 is 27.6 Å². The Morgan fingerprint density at radius 1 is 0.929 bits per heavy atom. The molecule has 0 aliphatic heterocycles. The molecule has 0 radical (unpaired) electrons. The summed E-state index contributed by atoms with van der Waals surface area (Å²) in [6.07, 6.45) is 0. The van der Waals surface area contributed by atoms with Crippen LogP contribution in [0.15, 0.2) is 36.4 Å². The molecule has 2 N–H and O–H groups in total. The molecule has 0 spiro atoms. The molecular weight excluding hydrogens is 375 g/mol. The molecule has 0 saturated heterocycles. The van der Waals surface area contributed by atoms with E-state index >= 15 is 0 Å². The van der Waals surface area contributed by atoms with E-state index in [0.29, 0.717) is 17.4 Å². The summed E-state index contributed by atoms with van der Waals surface area (Å²) in [6, 6.07) is 7.95. The lowest BCUT2D eigenvalue weighted by Crippen LogP contribution is -2.37. The average Bonchev–Trinajstić information content (AvgIpc) is 2.63. The minimum atomic E-state index is -1.72. The molecule has 2 rings (SSSR count). The van der Waals surface area contributed by atoms with Crippen LogP contribution < -0.4 is 15.5 Å². The van der Waals surface area contributed by atoms with Crippen LogP contribution in [-0.2, 0) is 9.59 Å². The molecule has 0 aliphatic carbocycles. The van der Waals surface area contributed by atoms with Crippen molar-refractivity contribution in [2.75, 3.05) is 23.3 Å². The zero-order valence-corrected chi connectivity index (χ0v) is 15.2. The van der Waals surface area contributed by atoms with Crippen molar-refractivity contribution in [3.05, 3.63) is 59.4 Å². The molecule has 148 valence electrons. The minimum Gasteiger partial charge on any atom is -0.350 e. The first kappa shape index (κ1) is 20.9. The summed E-state index contributed by atoms with van der Waals surface area (Å²) in [5, 5.41) is 4.96. The van der Waals surface area contributed by atoms with E-state index in [0.717, 1.165) is 6.07 Å². The van der Waals surface area contributed by atoms with E-state index in [1.807, 2.05) is 0 Å². The molecule has 0 bridgehead atoms. The molecule has 0 heterocycles. The van der Waals surface area contributed by atoms with Gasteiger partial charge in [0, 0.05) is 38.3 Å². The fourth-order valence-electron chi connectivity index (χ4n) is 2.47. The topological polar surface area (TPSA) is 78.5 Å². The highest BCUT2D eigenvalue weighted by Gasteiger charge is 2.19. The molecule has 0 aliphatic rings. The van der Waals surface area contributed by atoms with E-state index in [1.54, 1.807) is 24.3 Å². The number of amides is 3. The number of nitrogens with zero attached hydrogens (tertiary/aromatic N) is 1. The SMILES string of the molecule is CC(=O)Nc1ccc(N(CCNC(=O)c2ccc(F)c(F)c2F)C(C)=O)cc1. The third-order valence-corrected chi connectivity index (χ3v) is 3.78. The predicted molar refractivity (Wildman–Crippen MR) is 97.4 cm³/mol. The van der Waals surface area contributed by atoms with E-state index in [-0.39, 0.29) is 24.9 Å².